The molecule has 0 aromatic rings. The summed E-state index contributed by atoms with van der Waals surface area (Å²) < 4.78 is 11.2. The fourth-order valence-corrected chi connectivity index (χ4v) is 2.71. The number of carbonyl (C=O) groups excluding carboxylic acids is 1. The van der Waals surface area contributed by atoms with Gasteiger partial charge in [-0.2, -0.15) is 0 Å². The summed E-state index contributed by atoms with van der Waals surface area (Å²) in [6, 6.07) is 0. The molecule has 0 radical (unpaired) electrons. The Bertz CT molecular complexity index is 317. The minimum atomic E-state index is -0.701. The Morgan fingerprint density at radius 2 is 2.00 bits per heavy atom. The standard InChI is InChI=1S/C13H22O4/c1-8(2)11(15)17-10-9(14)7-16-12(3,4)13(10)5-6-13/h8-10,14H,5-7H2,1-4H3/t9-,10-/m1/s1. The van der Waals surface area contributed by atoms with Gasteiger partial charge in [-0.1, -0.05) is 13.8 Å². The molecule has 1 aliphatic heterocycles. The van der Waals surface area contributed by atoms with Crippen LogP contribution in [0.5, 0.6) is 0 Å². The molecule has 0 aromatic heterocycles. The van der Waals surface area contributed by atoms with Gasteiger partial charge in [0.15, 0.2) is 0 Å². The molecule has 2 fully saturated rings. The van der Waals surface area contributed by atoms with Gasteiger partial charge in [0.2, 0.25) is 0 Å². The van der Waals surface area contributed by atoms with Crippen LogP contribution in [0.25, 0.3) is 0 Å². The Morgan fingerprint density at radius 1 is 1.41 bits per heavy atom. The van der Waals surface area contributed by atoms with E-state index in [-0.39, 0.29) is 29.5 Å². The van der Waals surface area contributed by atoms with Crippen LogP contribution in [0.3, 0.4) is 0 Å². The van der Waals surface area contributed by atoms with Gasteiger partial charge in [0.05, 0.1) is 18.1 Å². The smallest absolute Gasteiger partial charge is 0.308 e. The number of ether oxygens (including phenoxy) is 2. The minimum absolute atomic E-state index is 0.163. The SMILES string of the molecule is CC(C)C(=O)O[C@@H]1[C@H](O)COC(C)(C)C12CC2. The third kappa shape index (κ3) is 1.97. The normalized spacial score (nSPS) is 33.8. The van der Waals surface area contributed by atoms with Crippen molar-refractivity contribution in [2.24, 2.45) is 11.3 Å². The van der Waals surface area contributed by atoms with E-state index in [1.807, 2.05) is 13.8 Å². The lowest BCUT2D eigenvalue weighted by molar-refractivity contribution is -0.224. The number of hydrogen-bond donors (Lipinski definition) is 1. The first-order valence-corrected chi connectivity index (χ1v) is 6.33. The van der Waals surface area contributed by atoms with Crippen LogP contribution in [0.1, 0.15) is 40.5 Å². The zero-order valence-electron chi connectivity index (χ0n) is 11.0. The van der Waals surface area contributed by atoms with E-state index in [0.29, 0.717) is 0 Å². The summed E-state index contributed by atoms with van der Waals surface area (Å²) in [7, 11) is 0. The van der Waals surface area contributed by atoms with Gasteiger partial charge in [0, 0.05) is 5.41 Å². The quantitative estimate of drug-likeness (QED) is 0.746. The molecule has 2 aliphatic rings. The van der Waals surface area contributed by atoms with Crippen molar-refractivity contribution in [3.63, 3.8) is 0 Å². The highest BCUT2D eigenvalue weighted by Gasteiger charge is 2.66. The van der Waals surface area contributed by atoms with Crippen LogP contribution >= 0.6 is 0 Å². The first-order valence-electron chi connectivity index (χ1n) is 6.33. The van der Waals surface area contributed by atoms with Crippen LogP contribution in [-0.2, 0) is 14.3 Å². The number of esters is 1. The molecular formula is C13H22O4. The number of aliphatic hydroxyl groups is 1. The summed E-state index contributed by atoms with van der Waals surface area (Å²) in [5, 5.41) is 10.0. The van der Waals surface area contributed by atoms with Crippen molar-refractivity contribution in [3.8, 4) is 0 Å². The van der Waals surface area contributed by atoms with Crippen molar-refractivity contribution in [1.29, 1.82) is 0 Å². The second-order valence-corrected chi connectivity index (χ2v) is 6.06. The maximum atomic E-state index is 11.7. The zero-order chi connectivity index (χ0) is 12.8. The molecule has 0 bridgehead atoms. The van der Waals surface area contributed by atoms with Crippen LogP contribution < -0.4 is 0 Å². The Hall–Kier alpha value is -0.610. The summed E-state index contributed by atoms with van der Waals surface area (Å²) in [4.78, 5) is 11.7. The van der Waals surface area contributed by atoms with E-state index in [4.69, 9.17) is 9.47 Å². The van der Waals surface area contributed by atoms with Crippen molar-refractivity contribution in [3.05, 3.63) is 0 Å². The Kier molecular flexibility index (Phi) is 2.99. The zero-order valence-corrected chi connectivity index (χ0v) is 11.0. The first kappa shape index (κ1) is 12.8. The molecule has 0 unspecified atom stereocenters. The monoisotopic (exact) mass is 242 g/mol. The molecule has 1 spiro atoms. The molecular weight excluding hydrogens is 220 g/mol. The fourth-order valence-electron chi connectivity index (χ4n) is 2.71. The van der Waals surface area contributed by atoms with Gasteiger partial charge < -0.3 is 14.6 Å². The van der Waals surface area contributed by atoms with Crippen LogP contribution in [0.2, 0.25) is 0 Å². The third-order valence-corrected chi connectivity index (χ3v) is 4.21. The van der Waals surface area contributed by atoms with Gasteiger partial charge in [-0.25, -0.2) is 0 Å². The summed E-state index contributed by atoms with van der Waals surface area (Å²) in [5.74, 6) is -0.401. The minimum Gasteiger partial charge on any atom is -0.459 e. The lowest BCUT2D eigenvalue weighted by Gasteiger charge is -2.46. The highest BCUT2D eigenvalue weighted by molar-refractivity contribution is 5.71. The summed E-state index contributed by atoms with van der Waals surface area (Å²) in [6.07, 6.45) is 0.787. The van der Waals surface area contributed by atoms with E-state index in [9.17, 15) is 9.90 Å². The van der Waals surface area contributed by atoms with Crippen molar-refractivity contribution < 1.29 is 19.4 Å². The number of carbonyl (C=O) groups is 1. The van der Waals surface area contributed by atoms with E-state index in [0.717, 1.165) is 12.8 Å². The predicted molar refractivity (Wildman–Crippen MR) is 62.4 cm³/mol. The maximum Gasteiger partial charge on any atom is 0.308 e. The number of aliphatic hydroxyl groups excluding tert-OH is 1. The molecule has 0 aromatic carbocycles. The van der Waals surface area contributed by atoms with E-state index >= 15 is 0 Å². The summed E-state index contributed by atoms with van der Waals surface area (Å²) in [5.41, 5.74) is -0.511. The molecule has 1 aliphatic carbocycles. The molecule has 2 atom stereocenters. The molecule has 2 rings (SSSR count). The Labute approximate surface area is 102 Å². The summed E-state index contributed by atoms with van der Waals surface area (Å²) >= 11 is 0. The molecule has 1 saturated carbocycles. The molecule has 17 heavy (non-hydrogen) atoms. The lowest BCUT2D eigenvalue weighted by atomic mass is 9.78. The molecule has 4 heteroatoms. The highest BCUT2D eigenvalue weighted by Crippen LogP contribution is 2.61. The molecule has 1 heterocycles. The van der Waals surface area contributed by atoms with Gasteiger partial charge in [-0.05, 0) is 26.7 Å². The summed E-state index contributed by atoms with van der Waals surface area (Å²) in [6.45, 7) is 7.88. The average Bonchev–Trinajstić information content (AvgIpc) is 3.01. The van der Waals surface area contributed by atoms with Crippen LogP contribution in [0.15, 0.2) is 0 Å². The fraction of sp³-hybridized carbons (Fsp3) is 0.923. The second kappa shape index (κ2) is 3.95. The van der Waals surface area contributed by atoms with Crippen LogP contribution in [0, 0.1) is 11.3 Å². The van der Waals surface area contributed by atoms with Crippen molar-refractivity contribution in [2.75, 3.05) is 6.61 Å². The first-order chi connectivity index (χ1) is 7.80. The maximum absolute atomic E-state index is 11.7. The second-order valence-electron chi connectivity index (χ2n) is 6.06. The average molecular weight is 242 g/mol. The molecule has 4 nitrogen and oxygen atoms in total. The largest absolute Gasteiger partial charge is 0.459 e. The van der Waals surface area contributed by atoms with Crippen molar-refractivity contribution in [1.82, 2.24) is 0 Å². The van der Waals surface area contributed by atoms with Crippen molar-refractivity contribution >= 4 is 5.97 Å². The van der Waals surface area contributed by atoms with Gasteiger partial charge in [0.25, 0.3) is 0 Å². The van der Waals surface area contributed by atoms with E-state index in [1.54, 1.807) is 13.8 Å². The lowest BCUT2D eigenvalue weighted by Crippen LogP contribution is -2.57. The highest BCUT2D eigenvalue weighted by atomic mass is 16.6. The predicted octanol–water partition coefficient (Wildman–Crippen LogP) is 1.50. The van der Waals surface area contributed by atoms with E-state index < -0.39 is 12.2 Å². The molecule has 0 amide bonds. The van der Waals surface area contributed by atoms with Gasteiger partial charge >= 0.3 is 5.97 Å². The Balaban J connectivity index is 2.16. The van der Waals surface area contributed by atoms with Crippen LogP contribution in [0.4, 0.5) is 0 Å². The molecule has 1 N–H and O–H groups in total. The van der Waals surface area contributed by atoms with E-state index in [1.165, 1.54) is 0 Å². The molecule has 1 saturated heterocycles. The van der Waals surface area contributed by atoms with Gasteiger partial charge in [-0.15, -0.1) is 0 Å². The third-order valence-electron chi connectivity index (χ3n) is 4.21. The van der Waals surface area contributed by atoms with Gasteiger partial charge in [-0.3, -0.25) is 4.79 Å². The topological polar surface area (TPSA) is 55.8 Å². The van der Waals surface area contributed by atoms with E-state index in [2.05, 4.69) is 0 Å². The molecule has 98 valence electrons. The van der Waals surface area contributed by atoms with Crippen LogP contribution in [-0.4, -0.2) is 35.5 Å². The Morgan fingerprint density at radius 3 is 2.47 bits per heavy atom. The number of rotatable bonds is 2. The van der Waals surface area contributed by atoms with Gasteiger partial charge in [0.1, 0.15) is 12.2 Å². The van der Waals surface area contributed by atoms with Crippen molar-refractivity contribution in [2.45, 2.75) is 58.3 Å². The number of hydrogen-bond acceptors (Lipinski definition) is 4.